The van der Waals surface area contributed by atoms with Crippen molar-refractivity contribution in [1.82, 2.24) is 9.58 Å². The summed E-state index contributed by atoms with van der Waals surface area (Å²) in [5.41, 5.74) is 6.80. The summed E-state index contributed by atoms with van der Waals surface area (Å²) in [5.74, 6) is -0.333. The number of amidine groups is 2. The molecular weight excluding hydrogens is 370 g/mol. The van der Waals surface area contributed by atoms with E-state index in [1.807, 2.05) is 26.8 Å². The van der Waals surface area contributed by atoms with Gasteiger partial charge in [-0.05, 0) is 87.3 Å². The lowest BCUT2D eigenvalue weighted by atomic mass is 10.1. The molecule has 28 heavy (non-hydrogen) atoms. The van der Waals surface area contributed by atoms with Crippen molar-refractivity contribution in [2.24, 2.45) is 10.1 Å². The predicted octanol–water partition coefficient (Wildman–Crippen LogP) is 4.35. The number of fused-ring (bicyclic) bond motifs is 1. The van der Waals surface area contributed by atoms with Crippen LogP contribution in [0.25, 0.3) is 11.8 Å². The minimum absolute atomic E-state index is 0.0651. The quantitative estimate of drug-likeness (QED) is 0.774. The fourth-order valence-corrected chi connectivity index (χ4v) is 4.17. The van der Waals surface area contributed by atoms with Crippen molar-refractivity contribution in [3.8, 4) is 5.69 Å². The first-order chi connectivity index (χ1) is 13.3. The van der Waals surface area contributed by atoms with E-state index in [0.29, 0.717) is 5.17 Å². The van der Waals surface area contributed by atoms with Gasteiger partial charge in [0.05, 0.1) is 10.6 Å². The van der Waals surface area contributed by atoms with Crippen LogP contribution in [0.1, 0.15) is 35.0 Å². The highest BCUT2D eigenvalue weighted by molar-refractivity contribution is 8.26. The lowest BCUT2D eigenvalue weighted by Gasteiger charge is -2.20. The maximum absolute atomic E-state index is 12.5. The largest absolute Gasteiger partial charge is 0.318 e. The maximum atomic E-state index is 12.5. The van der Waals surface area contributed by atoms with Gasteiger partial charge in [-0.25, -0.2) is 0 Å². The van der Waals surface area contributed by atoms with Crippen molar-refractivity contribution < 1.29 is 4.79 Å². The Balaban J connectivity index is 1.78. The summed E-state index contributed by atoms with van der Waals surface area (Å²) in [4.78, 5) is 16.6. The third-order valence-corrected chi connectivity index (χ3v) is 5.90. The van der Waals surface area contributed by atoms with Crippen molar-refractivity contribution in [2.75, 3.05) is 0 Å². The molecule has 3 heterocycles. The van der Waals surface area contributed by atoms with Crippen LogP contribution >= 0.6 is 11.8 Å². The number of aryl methyl sites for hydroxylation is 3. The molecule has 0 unspecified atom stereocenters. The number of thioether (sulfide) groups is 1. The lowest BCUT2D eigenvalue weighted by Crippen LogP contribution is -2.35. The van der Waals surface area contributed by atoms with Crippen molar-refractivity contribution in [3.63, 3.8) is 0 Å². The number of nitrogens with zero attached hydrogens (tertiary/aromatic N) is 4. The average Bonchev–Trinajstić information content (AvgIpc) is 3.13. The molecule has 0 aliphatic carbocycles. The molecule has 2 aromatic rings. The normalized spacial score (nSPS) is 17.9. The van der Waals surface area contributed by atoms with Crippen LogP contribution in [0.3, 0.4) is 0 Å². The molecule has 2 aliphatic heterocycles. The lowest BCUT2D eigenvalue weighted by molar-refractivity contribution is -0.114. The number of hydrogen-bond acceptors (Lipinski definition) is 4. The van der Waals surface area contributed by atoms with Crippen LogP contribution in [0.5, 0.6) is 0 Å². The predicted molar refractivity (Wildman–Crippen MR) is 115 cm³/mol. The molecule has 1 N–H and O–H groups in total. The van der Waals surface area contributed by atoms with E-state index < -0.39 is 5.91 Å². The summed E-state index contributed by atoms with van der Waals surface area (Å²) in [6.45, 7) is 10.1. The number of amides is 1. The summed E-state index contributed by atoms with van der Waals surface area (Å²) >= 11 is 1.31. The molecule has 4 rings (SSSR count). The minimum atomic E-state index is -0.398. The van der Waals surface area contributed by atoms with E-state index in [1.165, 1.54) is 27.9 Å². The second-order valence-corrected chi connectivity index (χ2v) is 8.23. The molecule has 142 valence electrons. The Morgan fingerprint density at radius 1 is 1.07 bits per heavy atom. The van der Waals surface area contributed by atoms with Gasteiger partial charge in [0.25, 0.3) is 5.91 Å². The van der Waals surface area contributed by atoms with Crippen LogP contribution in [-0.4, -0.2) is 31.5 Å². The average molecular weight is 392 g/mol. The van der Waals surface area contributed by atoms with Crippen LogP contribution in [-0.2, 0) is 4.79 Å². The Bertz CT molecular complexity index is 1140. The zero-order chi connectivity index (χ0) is 20.2. The Hall–Kier alpha value is -2.93. The summed E-state index contributed by atoms with van der Waals surface area (Å²) < 4.78 is 2.17. The first-order valence-corrected chi connectivity index (χ1v) is 9.81. The van der Waals surface area contributed by atoms with E-state index in [9.17, 15) is 4.79 Å². The Labute approximate surface area is 168 Å². The maximum Gasteiger partial charge on any atom is 0.283 e. The monoisotopic (exact) mass is 391 g/mol. The van der Waals surface area contributed by atoms with E-state index in [1.54, 1.807) is 6.08 Å². The zero-order valence-corrected chi connectivity index (χ0v) is 17.3. The minimum Gasteiger partial charge on any atom is -0.318 e. The van der Waals surface area contributed by atoms with Crippen LogP contribution in [0, 0.1) is 33.1 Å². The third kappa shape index (κ3) is 2.92. The second-order valence-electron chi connectivity index (χ2n) is 7.07. The molecule has 2 aliphatic rings. The smallest absolute Gasteiger partial charge is 0.283 e. The summed E-state index contributed by atoms with van der Waals surface area (Å²) in [7, 11) is 0. The number of nitrogens with one attached hydrogen (secondary N) is 1. The number of aromatic nitrogens is 1. The van der Waals surface area contributed by atoms with Crippen LogP contribution in [0.2, 0.25) is 0 Å². The molecule has 7 heteroatoms. The molecule has 0 spiro atoms. The van der Waals surface area contributed by atoms with Gasteiger partial charge in [-0.15, -0.1) is 0 Å². The number of rotatable bonds is 2. The number of aliphatic imine (C=N–C) groups is 1. The molecule has 0 saturated carbocycles. The summed E-state index contributed by atoms with van der Waals surface area (Å²) in [6.07, 6.45) is 1.75. The van der Waals surface area contributed by atoms with E-state index in [0.717, 1.165) is 27.7 Å². The Morgan fingerprint density at radius 3 is 2.54 bits per heavy atom. The van der Waals surface area contributed by atoms with Gasteiger partial charge in [0.2, 0.25) is 5.17 Å². The molecule has 1 aromatic carbocycles. The fourth-order valence-electron chi connectivity index (χ4n) is 3.44. The molecule has 0 bridgehead atoms. The molecule has 0 saturated heterocycles. The second kappa shape index (κ2) is 6.60. The molecule has 6 nitrogen and oxygen atoms in total. The SMILES string of the molecule is CC1=NN2C(=N)C(=Cc3cc(C)n(-c4ccc(C)c(C)c4)c3C)C(=O)N=C2S1. The molecule has 0 radical (unpaired) electrons. The van der Waals surface area contributed by atoms with Gasteiger partial charge in [0.1, 0.15) is 0 Å². The molecule has 1 aromatic heterocycles. The van der Waals surface area contributed by atoms with E-state index in [4.69, 9.17) is 5.41 Å². The highest BCUT2D eigenvalue weighted by Crippen LogP contribution is 2.29. The van der Waals surface area contributed by atoms with Crippen molar-refractivity contribution in [3.05, 3.63) is 57.9 Å². The Morgan fingerprint density at radius 2 is 1.82 bits per heavy atom. The van der Waals surface area contributed by atoms with Crippen molar-refractivity contribution in [1.29, 1.82) is 5.41 Å². The molecule has 0 atom stereocenters. The zero-order valence-electron chi connectivity index (χ0n) is 16.5. The van der Waals surface area contributed by atoms with Crippen LogP contribution < -0.4 is 0 Å². The summed E-state index contributed by atoms with van der Waals surface area (Å²) in [5, 5.41) is 15.4. The van der Waals surface area contributed by atoms with E-state index >= 15 is 0 Å². The number of carbonyl (C=O) groups is 1. The van der Waals surface area contributed by atoms with Gasteiger partial charge in [-0.3, -0.25) is 10.2 Å². The van der Waals surface area contributed by atoms with Gasteiger partial charge >= 0.3 is 0 Å². The fraction of sp³-hybridized carbons (Fsp3) is 0.238. The van der Waals surface area contributed by atoms with Gasteiger partial charge in [-0.2, -0.15) is 15.1 Å². The first kappa shape index (κ1) is 18.4. The van der Waals surface area contributed by atoms with Gasteiger partial charge < -0.3 is 4.57 Å². The topological polar surface area (TPSA) is 73.8 Å². The van der Waals surface area contributed by atoms with E-state index in [-0.39, 0.29) is 11.4 Å². The molecule has 0 fully saturated rings. The summed E-state index contributed by atoms with van der Waals surface area (Å²) in [6, 6.07) is 8.41. The standard InChI is InChI=1S/C21H21N5OS/c1-11-6-7-17(8-12(11)2)25-13(3)9-16(14(25)4)10-18-19(22)26-21(23-20(18)27)28-15(5)24-26/h6-10,22H,1-5H3. The highest BCUT2D eigenvalue weighted by atomic mass is 32.2. The van der Waals surface area contributed by atoms with E-state index in [2.05, 4.69) is 46.7 Å². The number of benzene rings is 1. The third-order valence-electron chi connectivity index (χ3n) is 5.07. The number of hydrogen-bond donors (Lipinski definition) is 1. The van der Waals surface area contributed by atoms with Crippen LogP contribution in [0.15, 0.2) is 39.9 Å². The number of hydrazone groups is 1. The first-order valence-electron chi connectivity index (χ1n) is 8.99. The molecular formula is C21H21N5OS. The van der Waals surface area contributed by atoms with Gasteiger partial charge in [0.15, 0.2) is 5.84 Å². The van der Waals surface area contributed by atoms with Crippen LogP contribution in [0.4, 0.5) is 0 Å². The van der Waals surface area contributed by atoms with Gasteiger partial charge in [-0.1, -0.05) is 6.07 Å². The number of carbonyl (C=O) groups excluding carboxylic acids is 1. The van der Waals surface area contributed by atoms with Crippen molar-refractivity contribution >= 4 is 39.8 Å². The molecule has 1 amide bonds. The Kier molecular flexibility index (Phi) is 4.34. The van der Waals surface area contributed by atoms with Gasteiger partial charge in [0, 0.05) is 17.1 Å². The highest BCUT2D eigenvalue weighted by Gasteiger charge is 2.34. The van der Waals surface area contributed by atoms with Crippen molar-refractivity contribution in [2.45, 2.75) is 34.6 Å².